The third-order valence-electron chi connectivity index (χ3n) is 4.35. The van der Waals surface area contributed by atoms with E-state index in [0.717, 1.165) is 11.3 Å². The number of nitrogens with one attached hydrogen (secondary N) is 1. The first-order valence-electron chi connectivity index (χ1n) is 7.43. The van der Waals surface area contributed by atoms with Gasteiger partial charge in [0.1, 0.15) is 0 Å². The molecule has 1 unspecified atom stereocenters. The molecule has 1 atom stereocenters. The van der Waals surface area contributed by atoms with Gasteiger partial charge in [-0.1, -0.05) is 25.0 Å². The van der Waals surface area contributed by atoms with Gasteiger partial charge in [-0.2, -0.15) is 0 Å². The van der Waals surface area contributed by atoms with E-state index in [9.17, 15) is 4.79 Å². The van der Waals surface area contributed by atoms with E-state index in [4.69, 9.17) is 5.73 Å². The molecule has 1 aromatic carbocycles. The van der Waals surface area contributed by atoms with Crippen molar-refractivity contribution < 1.29 is 4.79 Å². The van der Waals surface area contributed by atoms with Gasteiger partial charge in [0.05, 0.1) is 6.04 Å². The van der Waals surface area contributed by atoms with E-state index in [1.807, 2.05) is 31.2 Å². The van der Waals surface area contributed by atoms with E-state index in [1.54, 1.807) is 0 Å². The van der Waals surface area contributed by atoms with Gasteiger partial charge in [-0.05, 0) is 44.5 Å². The summed E-state index contributed by atoms with van der Waals surface area (Å²) in [4.78, 5) is 14.5. The maximum atomic E-state index is 12.3. The highest BCUT2D eigenvalue weighted by molar-refractivity contribution is 5.94. The van der Waals surface area contributed by atoms with E-state index in [2.05, 4.69) is 17.3 Å². The fraction of sp³-hybridized carbons (Fsp3) is 0.562. The van der Waals surface area contributed by atoms with Crippen LogP contribution in [0.25, 0.3) is 0 Å². The highest BCUT2D eigenvalue weighted by atomic mass is 16.2. The third kappa shape index (κ3) is 3.58. The molecule has 1 aromatic rings. The van der Waals surface area contributed by atoms with Crippen LogP contribution in [0.4, 0.5) is 5.69 Å². The van der Waals surface area contributed by atoms with Gasteiger partial charge in [0.2, 0.25) is 5.91 Å². The van der Waals surface area contributed by atoms with Crippen LogP contribution in [0.1, 0.15) is 38.2 Å². The van der Waals surface area contributed by atoms with Crippen molar-refractivity contribution in [3.8, 4) is 0 Å². The Morgan fingerprint density at radius 1 is 1.35 bits per heavy atom. The van der Waals surface area contributed by atoms with Crippen molar-refractivity contribution in [1.82, 2.24) is 4.90 Å². The molecule has 0 bridgehead atoms. The highest BCUT2D eigenvalue weighted by Crippen LogP contribution is 2.24. The number of carbonyl (C=O) groups excluding carboxylic acids is 1. The zero-order valence-electron chi connectivity index (χ0n) is 12.4. The van der Waals surface area contributed by atoms with Crippen molar-refractivity contribution in [1.29, 1.82) is 0 Å². The predicted molar refractivity (Wildman–Crippen MR) is 82.4 cm³/mol. The number of hydrogen-bond acceptors (Lipinski definition) is 3. The molecule has 3 N–H and O–H groups in total. The normalized spacial score (nSPS) is 17.4. The first-order chi connectivity index (χ1) is 9.61. The zero-order valence-corrected chi connectivity index (χ0v) is 12.4. The Kier molecular flexibility index (Phi) is 5.15. The van der Waals surface area contributed by atoms with Crippen LogP contribution in [0.5, 0.6) is 0 Å². The fourth-order valence-corrected chi connectivity index (χ4v) is 2.78. The Hall–Kier alpha value is -1.39. The lowest BCUT2D eigenvalue weighted by Gasteiger charge is -2.29. The maximum absolute atomic E-state index is 12.3. The quantitative estimate of drug-likeness (QED) is 0.867. The molecule has 0 spiro atoms. The molecule has 0 aliphatic heterocycles. The van der Waals surface area contributed by atoms with Crippen LogP contribution < -0.4 is 11.1 Å². The van der Waals surface area contributed by atoms with Gasteiger partial charge < -0.3 is 11.1 Å². The van der Waals surface area contributed by atoms with Crippen LogP contribution >= 0.6 is 0 Å². The highest BCUT2D eigenvalue weighted by Gasteiger charge is 2.26. The van der Waals surface area contributed by atoms with Crippen molar-refractivity contribution in [2.45, 2.75) is 51.2 Å². The Balaban J connectivity index is 1.92. The monoisotopic (exact) mass is 275 g/mol. The lowest BCUT2D eigenvalue weighted by atomic mass is 10.1. The van der Waals surface area contributed by atoms with Gasteiger partial charge in [0.25, 0.3) is 0 Å². The number of hydrogen-bond donors (Lipinski definition) is 2. The number of carbonyl (C=O) groups is 1. The molecule has 4 nitrogen and oxygen atoms in total. The van der Waals surface area contributed by atoms with Gasteiger partial charge in [-0.15, -0.1) is 0 Å². The van der Waals surface area contributed by atoms with Crippen LogP contribution in [0.2, 0.25) is 0 Å². The van der Waals surface area contributed by atoms with Crippen LogP contribution in [0.3, 0.4) is 0 Å². The summed E-state index contributed by atoms with van der Waals surface area (Å²) in [6.45, 7) is 2.50. The lowest BCUT2D eigenvalue weighted by molar-refractivity contribution is -0.121. The molecular weight excluding hydrogens is 250 g/mol. The fourth-order valence-electron chi connectivity index (χ4n) is 2.78. The standard InChI is InChI=1S/C16H25N3O/c1-12(19(2)15-5-3-4-6-15)16(20)18-14-9-7-13(11-17)8-10-14/h7-10,12,15H,3-6,11,17H2,1-2H3,(H,18,20). The molecule has 1 saturated carbocycles. The Labute approximate surface area is 121 Å². The van der Waals surface area contributed by atoms with Crippen LogP contribution in [0.15, 0.2) is 24.3 Å². The molecule has 1 amide bonds. The first-order valence-corrected chi connectivity index (χ1v) is 7.43. The van der Waals surface area contributed by atoms with Crippen molar-refractivity contribution in [2.75, 3.05) is 12.4 Å². The average Bonchev–Trinajstić information content (AvgIpc) is 3.00. The number of benzene rings is 1. The first kappa shape index (κ1) is 15.0. The number of amides is 1. The zero-order chi connectivity index (χ0) is 14.5. The summed E-state index contributed by atoms with van der Waals surface area (Å²) in [5.74, 6) is 0.0555. The molecule has 1 aliphatic rings. The average molecular weight is 275 g/mol. The molecule has 4 heteroatoms. The maximum Gasteiger partial charge on any atom is 0.241 e. The number of nitrogens with zero attached hydrogens (tertiary/aromatic N) is 1. The molecule has 0 aromatic heterocycles. The topological polar surface area (TPSA) is 58.4 Å². The second-order valence-corrected chi connectivity index (χ2v) is 5.67. The summed E-state index contributed by atoms with van der Waals surface area (Å²) < 4.78 is 0. The van der Waals surface area contributed by atoms with E-state index in [-0.39, 0.29) is 11.9 Å². The summed E-state index contributed by atoms with van der Waals surface area (Å²) in [6.07, 6.45) is 4.98. The SMILES string of the molecule is CC(C(=O)Nc1ccc(CN)cc1)N(C)C1CCCC1. The molecule has 2 rings (SSSR count). The van der Waals surface area contributed by atoms with Gasteiger partial charge in [0.15, 0.2) is 0 Å². The molecular formula is C16H25N3O. The molecule has 0 heterocycles. The van der Waals surface area contributed by atoms with E-state index in [0.29, 0.717) is 12.6 Å². The summed E-state index contributed by atoms with van der Waals surface area (Å²) in [6, 6.07) is 8.15. The van der Waals surface area contributed by atoms with Crippen molar-refractivity contribution in [3.05, 3.63) is 29.8 Å². The smallest absolute Gasteiger partial charge is 0.241 e. The van der Waals surface area contributed by atoms with Crippen molar-refractivity contribution in [3.63, 3.8) is 0 Å². The third-order valence-corrected chi connectivity index (χ3v) is 4.35. The number of likely N-dealkylation sites (N-methyl/N-ethyl adjacent to an activating group) is 1. The Morgan fingerprint density at radius 3 is 2.50 bits per heavy atom. The Morgan fingerprint density at radius 2 is 1.95 bits per heavy atom. The van der Waals surface area contributed by atoms with Gasteiger partial charge in [-0.3, -0.25) is 9.69 Å². The largest absolute Gasteiger partial charge is 0.326 e. The number of nitrogens with two attached hydrogens (primary N) is 1. The summed E-state index contributed by atoms with van der Waals surface area (Å²) in [5.41, 5.74) is 7.47. The summed E-state index contributed by atoms with van der Waals surface area (Å²) >= 11 is 0. The van der Waals surface area contributed by atoms with E-state index >= 15 is 0 Å². The minimum atomic E-state index is -0.104. The molecule has 0 saturated heterocycles. The summed E-state index contributed by atoms with van der Waals surface area (Å²) in [5, 5.41) is 2.98. The van der Waals surface area contributed by atoms with Gasteiger partial charge >= 0.3 is 0 Å². The molecule has 110 valence electrons. The molecule has 20 heavy (non-hydrogen) atoms. The number of rotatable bonds is 5. The Bertz CT molecular complexity index is 438. The molecule has 0 radical (unpaired) electrons. The second-order valence-electron chi connectivity index (χ2n) is 5.67. The molecule has 1 aliphatic carbocycles. The minimum Gasteiger partial charge on any atom is -0.326 e. The van der Waals surface area contributed by atoms with Crippen LogP contribution in [0, 0.1) is 0 Å². The molecule has 1 fully saturated rings. The van der Waals surface area contributed by atoms with Crippen LogP contribution in [-0.2, 0) is 11.3 Å². The van der Waals surface area contributed by atoms with Crippen molar-refractivity contribution >= 4 is 11.6 Å². The van der Waals surface area contributed by atoms with Gasteiger partial charge in [-0.25, -0.2) is 0 Å². The summed E-state index contributed by atoms with van der Waals surface area (Å²) in [7, 11) is 2.05. The number of anilines is 1. The van der Waals surface area contributed by atoms with Crippen LogP contribution in [-0.4, -0.2) is 29.9 Å². The minimum absolute atomic E-state index is 0.0555. The lowest BCUT2D eigenvalue weighted by Crippen LogP contribution is -2.44. The van der Waals surface area contributed by atoms with Gasteiger partial charge in [0, 0.05) is 18.3 Å². The van der Waals surface area contributed by atoms with E-state index < -0.39 is 0 Å². The van der Waals surface area contributed by atoms with E-state index in [1.165, 1.54) is 25.7 Å². The predicted octanol–water partition coefficient (Wildman–Crippen LogP) is 2.35. The second kappa shape index (κ2) is 6.86. The van der Waals surface area contributed by atoms with Crippen molar-refractivity contribution in [2.24, 2.45) is 5.73 Å².